The number of halogens is 1. The number of aliphatic imine (C=N–C) groups is 1. The Hall–Kier alpha value is -0.280. The molecule has 0 aromatic carbocycles. The normalized spacial score (nSPS) is 23.6. The Balaban J connectivity index is 0.000001000. The van der Waals surface area contributed by atoms with E-state index in [1.165, 1.54) is 0 Å². The quantitative estimate of drug-likeness (QED) is 0.612. The maximum absolute atomic E-state index is 9.04. The molecule has 1 aliphatic heterocycles. The number of aliphatic hydroxyl groups is 1. The first kappa shape index (κ1) is 10.7. The molecule has 0 spiro atoms. The van der Waals surface area contributed by atoms with Gasteiger partial charge in [0.1, 0.15) is 0 Å². The Bertz CT molecular complexity index is 147. The molecule has 0 aromatic rings. The van der Waals surface area contributed by atoms with Crippen LogP contribution < -0.4 is 5.32 Å². The lowest BCUT2D eigenvalue weighted by Crippen LogP contribution is -2.41. The van der Waals surface area contributed by atoms with E-state index >= 15 is 0 Å². The third kappa shape index (κ3) is 3.08. The maximum Gasteiger partial charge on any atom is 0.0990 e. The molecule has 0 saturated carbocycles. The fourth-order valence-corrected chi connectivity index (χ4v) is 0.933. The number of nitrogens with zero attached hydrogens (tertiary/aromatic N) is 1. The van der Waals surface area contributed by atoms with Gasteiger partial charge in [0.2, 0.25) is 0 Å². The second kappa shape index (κ2) is 4.57. The number of β-amino-alcohol motifs (C(OH)–C–C–N with tert-alkyl or cyclic N) is 1. The van der Waals surface area contributed by atoms with Gasteiger partial charge in [-0.1, -0.05) is 13.8 Å². The summed E-state index contributed by atoms with van der Waals surface area (Å²) in [5, 5.41) is 12.1. The lowest BCUT2D eigenvalue weighted by atomic mass is 10.1. The van der Waals surface area contributed by atoms with Crippen LogP contribution in [-0.2, 0) is 0 Å². The van der Waals surface area contributed by atoms with Crippen LogP contribution in [0.2, 0.25) is 0 Å². The largest absolute Gasteiger partial charge is 0.389 e. The van der Waals surface area contributed by atoms with Gasteiger partial charge in [-0.3, -0.25) is 4.99 Å². The molecule has 0 radical (unpaired) electrons. The molecule has 2 N–H and O–H groups in total. The van der Waals surface area contributed by atoms with E-state index in [1.807, 2.05) is 0 Å². The SMILES string of the molecule is CC(C)C1=NCC(O)CN1.Cl. The summed E-state index contributed by atoms with van der Waals surface area (Å²) < 4.78 is 0. The van der Waals surface area contributed by atoms with Gasteiger partial charge in [-0.25, -0.2) is 0 Å². The van der Waals surface area contributed by atoms with E-state index in [4.69, 9.17) is 5.11 Å². The van der Waals surface area contributed by atoms with Gasteiger partial charge in [0.05, 0.1) is 18.5 Å². The Morgan fingerprint density at radius 3 is 2.64 bits per heavy atom. The zero-order chi connectivity index (χ0) is 7.56. The Morgan fingerprint density at radius 1 is 1.64 bits per heavy atom. The highest BCUT2D eigenvalue weighted by Gasteiger charge is 2.13. The summed E-state index contributed by atoms with van der Waals surface area (Å²) in [6, 6.07) is 0. The van der Waals surface area contributed by atoms with Crippen LogP contribution in [0.3, 0.4) is 0 Å². The van der Waals surface area contributed by atoms with Crippen LogP contribution in [0.15, 0.2) is 4.99 Å². The summed E-state index contributed by atoms with van der Waals surface area (Å²) in [5.74, 6) is 1.47. The fraction of sp³-hybridized carbons (Fsp3) is 0.857. The average Bonchev–Trinajstić information content (AvgIpc) is 1.88. The highest BCUT2D eigenvalue weighted by molar-refractivity contribution is 5.85. The third-order valence-electron chi connectivity index (χ3n) is 1.54. The summed E-state index contributed by atoms with van der Waals surface area (Å²) in [4.78, 5) is 4.17. The molecular formula is C7H15ClN2O. The first-order valence-corrected chi connectivity index (χ1v) is 3.66. The monoisotopic (exact) mass is 178 g/mol. The van der Waals surface area contributed by atoms with E-state index in [0.29, 0.717) is 19.0 Å². The Morgan fingerprint density at radius 2 is 2.27 bits per heavy atom. The molecule has 0 aromatic heterocycles. The minimum atomic E-state index is -0.289. The van der Waals surface area contributed by atoms with Crippen LogP contribution in [0.4, 0.5) is 0 Å². The van der Waals surface area contributed by atoms with Crippen molar-refractivity contribution in [2.24, 2.45) is 10.9 Å². The van der Waals surface area contributed by atoms with Crippen molar-refractivity contribution in [3.8, 4) is 0 Å². The topological polar surface area (TPSA) is 44.6 Å². The van der Waals surface area contributed by atoms with Gasteiger partial charge in [0, 0.05) is 12.5 Å². The molecule has 0 amide bonds. The van der Waals surface area contributed by atoms with E-state index in [9.17, 15) is 0 Å². The van der Waals surface area contributed by atoms with Crippen molar-refractivity contribution < 1.29 is 5.11 Å². The van der Waals surface area contributed by atoms with Crippen molar-refractivity contribution in [2.45, 2.75) is 20.0 Å². The van der Waals surface area contributed by atoms with E-state index < -0.39 is 0 Å². The van der Waals surface area contributed by atoms with Crippen LogP contribution in [0.5, 0.6) is 0 Å². The highest BCUT2D eigenvalue weighted by atomic mass is 35.5. The highest BCUT2D eigenvalue weighted by Crippen LogP contribution is 1.99. The van der Waals surface area contributed by atoms with Crippen LogP contribution in [0.25, 0.3) is 0 Å². The molecule has 11 heavy (non-hydrogen) atoms. The van der Waals surface area contributed by atoms with Gasteiger partial charge >= 0.3 is 0 Å². The van der Waals surface area contributed by atoms with Crippen molar-refractivity contribution in [3.63, 3.8) is 0 Å². The van der Waals surface area contributed by atoms with E-state index in [1.54, 1.807) is 0 Å². The number of hydrogen-bond donors (Lipinski definition) is 2. The predicted octanol–water partition coefficient (Wildman–Crippen LogP) is 0.427. The summed E-state index contributed by atoms with van der Waals surface area (Å²) >= 11 is 0. The standard InChI is InChI=1S/C7H14N2O.ClH/c1-5(2)7-8-3-6(10)4-9-7;/h5-6,10H,3-4H2,1-2H3,(H,8,9);1H. The minimum absolute atomic E-state index is 0. The third-order valence-corrected chi connectivity index (χ3v) is 1.54. The first-order valence-electron chi connectivity index (χ1n) is 3.66. The van der Waals surface area contributed by atoms with Crippen molar-refractivity contribution >= 4 is 18.2 Å². The maximum atomic E-state index is 9.04. The van der Waals surface area contributed by atoms with Gasteiger partial charge < -0.3 is 10.4 Å². The van der Waals surface area contributed by atoms with E-state index in [0.717, 1.165) is 5.84 Å². The van der Waals surface area contributed by atoms with Crippen LogP contribution in [0, 0.1) is 5.92 Å². The zero-order valence-corrected chi connectivity index (χ0v) is 7.69. The average molecular weight is 179 g/mol. The summed E-state index contributed by atoms with van der Waals surface area (Å²) in [7, 11) is 0. The van der Waals surface area contributed by atoms with Gasteiger partial charge in [-0.2, -0.15) is 0 Å². The second-order valence-corrected chi connectivity index (χ2v) is 2.92. The molecule has 4 heteroatoms. The first-order chi connectivity index (χ1) is 4.70. The molecule has 3 nitrogen and oxygen atoms in total. The molecule has 0 bridgehead atoms. The summed E-state index contributed by atoms with van der Waals surface area (Å²) in [6.45, 7) is 5.38. The van der Waals surface area contributed by atoms with Crippen molar-refractivity contribution in [1.29, 1.82) is 0 Å². The number of rotatable bonds is 1. The molecule has 1 unspecified atom stereocenters. The molecular weight excluding hydrogens is 164 g/mol. The molecule has 1 heterocycles. The predicted molar refractivity (Wildman–Crippen MR) is 48.4 cm³/mol. The lowest BCUT2D eigenvalue weighted by molar-refractivity contribution is 0.180. The van der Waals surface area contributed by atoms with Gasteiger partial charge in [-0.05, 0) is 0 Å². The van der Waals surface area contributed by atoms with Gasteiger partial charge in [0.25, 0.3) is 0 Å². The minimum Gasteiger partial charge on any atom is -0.389 e. The van der Waals surface area contributed by atoms with Crippen LogP contribution in [-0.4, -0.2) is 30.1 Å². The van der Waals surface area contributed by atoms with Crippen LogP contribution in [0.1, 0.15) is 13.8 Å². The fourth-order valence-electron chi connectivity index (χ4n) is 0.933. The number of nitrogens with one attached hydrogen (secondary N) is 1. The van der Waals surface area contributed by atoms with Crippen molar-refractivity contribution in [1.82, 2.24) is 5.32 Å². The molecule has 0 aliphatic carbocycles. The Kier molecular flexibility index (Phi) is 4.45. The number of hydrogen-bond acceptors (Lipinski definition) is 3. The molecule has 1 atom stereocenters. The lowest BCUT2D eigenvalue weighted by Gasteiger charge is -2.20. The number of aliphatic hydroxyl groups excluding tert-OH is 1. The van der Waals surface area contributed by atoms with E-state index in [-0.39, 0.29) is 18.5 Å². The Labute approximate surface area is 73.3 Å². The van der Waals surface area contributed by atoms with Gasteiger partial charge in [-0.15, -0.1) is 12.4 Å². The van der Waals surface area contributed by atoms with Gasteiger partial charge in [0.15, 0.2) is 0 Å². The molecule has 1 aliphatic rings. The summed E-state index contributed by atoms with van der Waals surface area (Å²) in [5.41, 5.74) is 0. The number of amidine groups is 1. The summed E-state index contributed by atoms with van der Waals surface area (Å²) in [6.07, 6.45) is -0.289. The second-order valence-electron chi connectivity index (χ2n) is 2.92. The molecule has 0 fully saturated rings. The van der Waals surface area contributed by atoms with E-state index in [2.05, 4.69) is 24.2 Å². The smallest absolute Gasteiger partial charge is 0.0990 e. The molecule has 66 valence electrons. The van der Waals surface area contributed by atoms with Crippen LogP contribution >= 0.6 is 12.4 Å². The molecule has 0 saturated heterocycles. The van der Waals surface area contributed by atoms with Crippen molar-refractivity contribution in [3.05, 3.63) is 0 Å². The molecule has 1 rings (SSSR count). The zero-order valence-electron chi connectivity index (χ0n) is 6.87. The van der Waals surface area contributed by atoms with Crippen molar-refractivity contribution in [2.75, 3.05) is 13.1 Å².